The number of hydrogen-bond donors (Lipinski definition) is 1. The summed E-state index contributed by atoms with van der Waals surface area (Å²) in [4.78, 5) is 11.5. The van der Waals surface area contributed by atoms with Crippen LogP contribution in [0.25, 0.3) is 10.9 Å². The molecule has 1 aromatic heterocycles. The summed E-state index contributed by atoms with van der Waals surface area (Å²) in [6.07, 6.45) is 0. The number of aliphatic hydroxyl groups excluding tert-OH is 1. The number of benzene rings is 2. The molecule has 0 radical (unpaired) electrons. The van der Waals surface area contributed by atoms with E-state index in [1.165, 1.54) is 31.3 Å². The lowest BCUT2D eigenvalue weighted by atomic mass is 10.2. The van der Waals surface area contributed by atoms with Crippen molar-refractivity contribution in [2.45, 2.75) is 37.2 Å². The maximum absolute atomic E-state index is 13.6. The number of hydrogen-bond acceptors (Lipinski definition) is 7. The van der Waals surface area contributed by atoms with Crippen molar-refractivity contribution in [3.63, 3.8) is 0 Å². The quantitative estimate of drug-likeness (QED) is 0.476. The van der Waals surface area contributed by atoms with Crippen molar-refractivity contribution in [1.82, 2.24) is 8.28 Å². The molecule has 3 aromatic rings. The zero-order chi connectivity index (χ0) is 24.6. The highest BCUT2D eigenvalue weighted by molar-refractivity contribution is 7.90. The van der Waals surface area contributed by atoms with Gasteiger partial charge in [-0.2, -0.15) is 4.31 Å². The summed E-state index contributed by atoms with van der Waals surface area (Å²) in [6, 6.07) is 10.5. The molecule has 3 rings (SSSR count). The molecule has 0 fully saturated rings. The Labute approximate surface area is 193 Å². The molecule has 0 spiro atoms. The lowest BCUT2D eigenvalue weighted by molar-refractivity contribution is -0.143. The molecule has 0 amide bonds. The van der Waals surface area contributed by atoms with Crippen LogP contribution < -0.4 is 0 Å². The number of nitrogens with zero attached hydrogens (tertiary/aromatic N) is 2. The standard InChI is InChI=1S/C22H26N2O7S2/c1-5-31-21(26)13-23(4)33(29,30)20-11-16(3)10-17-12-18(14-25)24(22(17)20)32(27,28)19-8-6-15(2)7-9-19/h6-12,25H,5,13-14H2,1-4H3. The first kappa shape index (κ1) is 24.9. The molecule has 0 saturated carbocycles. The minimum absolute atomic E-state index is 0.0145. The fourth-order valence-electron chi connectivity index (χ4n) is 3.52. The van der Waals surface area contributed by atoms with Crippen LogP contribution in [-0.2, 0) is 36.2 Å². The van der Waals surface area contributed by atoms with Gasteiger partial charge in [0.2, 0.25) is 10.0 Å². The van der Waals surface area contributed by atoms with Crippen LogP contribution in [0.5, 0.6) is 0 Å². The van der Waals surface area contributed by atoms with Crippen molar-refractivity contribution in [3.05, 3.63) is 59.3 Å². The molecule has 1 N–H and O–H groups in total. The number of esters is 1. The number of rotatable bonds is 8. The maximum Gasteiger partial charge on any atom is 0.321 e. The number of carbonyl (C=O) groups is 1. The summed E-state index contributed by atoms with van der Waals surface area (Å²) in [5.74, 6) is -0.730. The maximum atomic E-state index is 13.6. The molecular weight excluding hydrogens is 468 g/mol. The summed E-state index contributed by atoms with van der Waals surface area (Å²) >= 11 is 0. The van der Waals surface area contributed by atoms with Crippen molar-refractivity contribution in [3.8, 4) is 0 Å². The Morgan fingerprint density at radius 1 is 1.03 bits per heavy atom. The van der Waals surface area contributed by atoms with Gasteiger partial charge in [0.05, 0.1) is 29.3 Å². The van der Waals surface area contributed by atoms with Crippen molar-refractivity contribution >= 4 is 36.9 Å². The topological polar surface area (TPSA) is 123 Å². The van der Waals surface area contributed by atoms with Crippen molar-refractivity contribution < 1.29 is 31.5 Å². The summed E-state index contributed by atoms with van der Waals surface area (Å²) in [5.41, 5.74) is 1.34. The highest BCUT2D eigenvalue weighted by Crippen LogP contribution is 2.33. The van der Waals surface area contributed by atoms with E-state index in [0.29, 0.717) is 10.9 Å². The Kier molecular flexibility index (Phi) is 6.99. The van der Waals surface area contributed by atoms with Crippen molar-refractivity contribution in [1.29, 1.82) is 0 Å². The summed E-state index contributed by atoms with van der Waals surface area (Å²) in [6.45, 7) is 4.02. The number of carbonyl (C=O) groups excluding carboxylic acids is 1. The summed E-state index contributed by atoms with van der Waals surface area (Å²) in [5, 5.41) is 10.2. The largest absolute Gasteiger partial charge is 0.465 e. The van der Waals surface area contributed by atoms with E-state index in [9.17, 15) is 26.7 Å². The summed E-state index contributed by atoms with van der Waals surface area (Å²) in [7, 11) is -7.34. The van der Waals surface area contributed by atoms with Gasteiger partial charge in [0, 0.05) is 12.4 Å². The molecule has 2 aromatic carbocycles. The second-order valence-electron chi connectivity index (χ2n) is 7.64. The van der Waals surface area contributed by atoms with Crippen molar-refractivity contribution in [2.75, 3.05) is 20.2 Å². The molecule has 0 aliphatic carbocycles. The second-order valence-corrected chi connectivity index (χ2v) is 11.4. The number of sulfonamides is 1. The Bertz CT molecular complexity index is 1410. The molecule has 0 saturated heterocycles. The van der Waals surface area contributed by atoms with Gasteiger partial charge in [-0.1, -0.05) is 17.7 Å². The van der Waals surface area contributed by atoms with E-state index in [1.54, 1.807) is 32.0 Å². The SMILES string of the molecule is CCOC(=O)CN(C)S(=O)(=O)c1cc(C)cc2cc(CO)n(S(=O)(=O)c3ccc(C)cc3)c12. The van der Waals surface area contributed by atoms with Crippen LogP contribution in [0.1, 0.15) is 23.7 Å². The average Bonchev–Trinajstić information content (AvgIpc) is 3.12. The van der Waals surface area contributed by atoms with Gasteiger partial charge in [-0.3, -0.25) is 4.79 Å². The Hall–Kier alpha value is -2.73. The van der Waals surface area contributed by atoms with Crippen LogP contribution in [0.4, 0.5) is 0 Å². The van der Waals surface area contributed by atoms with Crippen LogP contribution in [0.2, 0.25) is 0 Å². The fourth-order valence-corrected chi connectivity index (χ4v) is 6.53. The zero-order valence-corrected chi connectivity index (χ0v) is 20.4. The van der Waals surface area contributed by atoms with E-state index in [0.717, 1.165) is 13.8 Å². The number of aryl methyl sites for hydroxylation is 2. The minimum atomic E-state index is -4.30. The van der Waals surface area contributed by atoms with Gasteiger partial charge in [-0.15, -0.1) is 0 Å². The van der Waals surface area contributed by atoms with E-state index in [4.69, 9.17) is 4.74 Å². The Morgan fingerprint density at radius 2 is 1.67 bits per heavy atom. The highest BCUT2D eigenvalue weighted by atomic mass is 32.2. The minimum Gasteiger partial charge on any atom is -0.465 e. The molecule has 0 aliphatic heterocycles. The molecular formula is C22H26N2O7S2. The van der Waals surface area contributed by atoms with E-state index >= 15 is 0 Å². The normalized spacial score (nSPS) is 12.4. The molecule has 9 nitrogen and oxygen atoms in total. The molecule has 0 unspecified atom stereocenters. The van der Waals surface area contributed by atoms with Gasteiger partial charge in [-0.25, -0.2) is 20.8 Å². The zero-order valence-electron chi connectivity index (χ0n) is 18.8. The molecule has 11 heteroatoms. The monoisotopic (exact) mass is 494 g/mol. The summed E-state index contributed by atoms with van der Waals surface area (Å²) < 4.78 is 60.5. The molecule has 1 heterocycles. The lowest BCUT2D eigenvalue weighted by Gasteiger charge is -2.19. The fraction of sp³-hybridized carbons (Fsp3) is 0.318. The number of ether oxygens (including phenoxy) is 1. The van der Waals surface area contributed by atoms with Gasteiger partial charge >= 0.3 is 5.97 Å². The predicted octanol–water partition coefficient (Wildman–Crippen LogP) is 2.17. The van der Waals surface area contributed by atoms with Gasteiger partial charge in [0.15, 0.2) is 0 Å². The third-order valence-electron chi connectivity index (χ3n) is 5.10. The smallest absolute Gasteiger partial charge is 0.321 e. The van der Waals surface area contributed by atoms with E-state index in [-0.39, 0.29) is 27.6 Å². The molecule has 0 bridgehead atoms. The molecule has 178 valence electrons. The first-order valence-corrected chi connectivity index (χ1v) is 13.0. The highest BCUT2D eigenvalue weighted by Gasteiger charge is 2.31. The number of aliphatic hydroxyl groups is 1. The van der Waals surface area contributed by atoms with Crippen LogP contribution in [0.3, 0.4) is 0 Å². The molecule has 0 atom stereocenters. The Morgan fingerprint density at radius 3 is 2.24 bits per heavy atom. The second kappa shape index (κ2) is 9.26. The van der Waals surface area contributed by atoms with Crippen LogP contribution in [0, 0.1) is 13.8 Å². The molecule has 33 heavy (non-hydrogen) atoms. The van der Waals surface area contributed by atoms with E-state index in [2.05, 4.69) is 0 Å². The number of aromatic nitrogens is 1. The number of fused-ring (bicyclic) bond motifs is 1. The van der Waals surface area contributed by atoms with Crippen LogP contribution in [0.15, 0.2) is 52.3 Å². The lowest BCUT2D eigenvalue weighted by Crippen LogP contribution is -2.33. The first-order chi connectivity index (χ1) is 15.4. The van der Waals surface area contributed by atoms with Crippen LogP contribution in [-0.4, -0.2) is 56.4 Å². The van der Waals surface area contributed by atoms with E-state index in [1.807, 2.05) is 6.92 Å². The van der Waals surface area contributed by atoms with Crippen molar-refractivity contribution in [2.24, 2.45) is 0 Å². The van der Waals surface area contributed by atoms with Crippen LogP contribution >= 0.6 is 0 Å². The van der Waals surface area contributed by atoms with E-state index < -0.39 is 39.2 Å². The molecule has 0 aliphatic rings. The van der Waals surface area contributed by atoms with Gasteiger partial charge in [0.1, 0.15) is 11.4 Å². The third kappa shape index (κ3) is 4.67. The Balaban J connectivity index is 2.31. The number of likely N-dealkylation sites (N-methyl/N-ethyl adjacent to an activating group) is 1. The van der Waals surface area contributed by atoms with Gasteiger partial charge in [-0.05, 0) is 56.7 Å². The van der Waals surface area contributed by atoms with Gasteiger partial charge in [0.25, 0.3) is 10.0 Å². The predicted molar refractivity (Wildman–Crippen MR) is 123 cm³/mol. The third-order valence-corrected chi connectivity index (χ3v) is 8.68. The van der Waals surface area contributed by atoms with Gasteiger partial charge < -0.3 is 9.84 Å². The average molecular weight is 495 g/mol. The first-order valence-electron chi connectivity index (χ1n) is 10.1.